The third-order valence-corrected chi connectivity index (χ3v) is 1.72. The molecule has 0 saturated heterocycles. The molecule has 2 aromatic heterocycles. The number of nitrogens with zero attached hydrogens (tertiary/aromatic N) is 3. The molecule has 0 fully saturated rings. The van der Waals surface area contributed by atoms with E-state index in [1.54, 1.807) is 0 Å². The Morgan fingerprint density at radius 1 is 1.50 bits per heavy atom. The van der Waals surface area contributed by atoms with Crippen molar-refractivity contribution >= 4 is 5.78 Å². The van der Waals surface area contributed by atoms with Gasteiger partial charge in [0.1, 0.15) is 0 Å². The first-order valence-corrected chi connectivity index (χ1v) is 3.81. The standard InChI is InChI=1S/C8H10N4/c1-6-2-3-12-5-7(4-9)11-8(12)10-6/h2-3,5H,4,9H2,1H3. The number of aromatic nitrogens is 3. The quantitative estimate of drug-likeness (QED) is 0.664. The monoisotopic (exact) mass is 162 g/mol. The Hall–Kier alpha value is -1.42. The lowest BCUT2D eigenvalue weighted by Crippen LogP contribution is -1.95. The van der Waals surface area contributed by atoms with E-state index in [1.165, 1.54) is 0 Å². The highest BCUT2D eigenvalue weighted by Gasteiger charge is 1.99. The number of fused-ring (bicyclic) bond motifs is 1. The first kappa shape index (κ1) is 7.24. The molecular formula is C8H10N4. The Kier molecular flexibility index (Phi) is 1.55. The van der Waals surface area contributed by atoms with Crippen molar-refractivity contribution in [3.63, 3.8) is 0 Å². The largest absolute Gasteiger partial charge is 0.325 e. The molecule has 0 aliphatic carbocycles. The van der Waals surface area contributed by atoms with Gasteiger partial charge < -0.3 is 5.73 Å². The second-order valence-electron chi connectivity index (χ2n) is 2.71. The lowest BCUT2D eigenvalue weighted by molar-refractivity contribution is 1.01. The van der Waals surface area contributed by atoms with E-state index in [4.69, 9.17) is 5.73 Å². The third-order valence-electron chi connectivity index (χ3n) is 1.72. The maximum absolute atomic E-state index is 5.45. The summed E-state index contributed by atoms with van der Waals surface area (Å²) in [6.45, 7) is 2.40. The maximum atomic E-state index is 5.45. The van der Waals surface area contributed by atoms with Crippen LogP contribution in [0.1, 0.15) is 11.4 Å². The van der Waals surface area contributed by atoms with E-state index in [2.05, 4.69) is 9.97 Å². The molecule has 0 radical (unpaired) electrons. The molecule has 2 aromatic rings. The zero-order chi connectivity index (χ0) is 8.55. The summed E-state index contributed by atoms with van der Waals surface area (Å²) in [7, 11) is 0. The second kappa shape index (κ2) is 2.57. The summed E-state index contributed by atoms with van der Waals surface area (Å²) in [5.74, 6) is 0.718. The van der Waals surface area contributed by atoms with Crippen LogP contribution in [-0.4, -0.2) is 14.4 Å². The topological polar surface area (TPSA) is 56.2 Å². The van der Waals surface area contributed by atoms with Crippen LogP contribution >= 0.6 is 0 Å². The van der Waals surface area contributed by atoms with Crippen LogP contribution in [-0.2, 0) is 6.54 Å². The van der Waals surface area contributed by atoms with Crippen molar-refractivity contribution in [1.29, 1.82) is 0 Å². The minimum atomic E-state index is 0.461. The van der Waals surface area contributed by atoms with Crippen molar-refractivity contribution < 1.29 is 0 Å². The summed E-state index contributed by atoms with van der Waals surface area (Å²) in [4.78, 5) is 8.46. The van der Waals surface area contributed by atoms with E-state index in [-0.39, 0.29) is 0 Å². The lowest BCUT2D eigenvalue weighted by Gasteiger charge is -1.91. The number of hydrogen-bond acceptors (Lipinski definition) is 3. The first-order chi connectivity index (χ1) is 5.79. The summed E-state index contributed by atoms with van der Waals surface area (Å²) in [6.07, 6.45) is 3.82. The molecule has 12 heavy (non-hydrogen) atoms. The molecule has 0 aliphatic rings. The Bertz CT molecular complexity index is 404. The maximum Gasteiger partial charge on any atom is 0.234 e. The van der Waals surface area contributed by atoms with E-state index >= 15 is 0 Å². The van der Waals surface area contributed by atoms with Gasteiger partial charge in [0, 0.05) is 24.6 Å². The van der Waals surface area contributed by atoms with Gasteiger partial charge in [0.25, 0.3) is 0 Å². The predicted molar refractivity (Wildman–Crippen MR) is 45.6 cm³/mol. The van der Waals surface area contributed by atoms with Crippen molar-refractivity contribution in [2.24, 2.45) is 5.73 Å². The minimum absolute atomic E-state index is 0.461. The molecule has 0 atom stereocenters. The molecule has 4 nitrogen and oxygen atoms in total. The summed E-state index contributed by atoms with van der Waals surface area (Å²) in [5.41, 5.74) is 7.29. The van der Waals surface area contributed by atoms with Gasteiger partial charge in [0.2, 0.25) is 5.78 Å². The van der Waals surface area contributed by atoms with E-state index in [1.807, 2.05) is 29.8 Å². The van der Waals surface area contributed by atoms with E-state index in [9.17, 15) is 0 Å². The fourth-order valence-corrected chi connectivity index (χ4v) is 1.11. The molecular weight excluding hydrogens is 152 g/mol. The van der Waals surface area contributed by atoms with Crippen molar-refractivity contribution in [3.05, 3.63) is 29.8 Å². The van der Waals surface area contributed by atoms with E-state index < -0.39 is 0 Å². The fourth-order valence-electron chi connectivity index (χ4n) is 1.11. The highest BCUT2D eigenvalue weighted by Crippen LogP contribution is 2.02. The Morgan fingerprint density at radius 3 is 3.08 bits per heavy atom. The first-order valence-electron chi connectivity index (χ1n) is 3.81. The Morgan fingerprint density at radius 2 is 2.33 bits per heavy atom. The van der Waals surface area contributed by atoms with Crippen LogP contribution in [0.15, 0.2) is 18.5 Å². The van der Waals surface area contributed by atoms with Crippen LogP contribution < -0.4 is 5.73 Å². The van der Waals surface area contributed by atoms with E-state index in [0.717, 1.165) is 17.2 Å². The molecule has 0 aromatic carbocycles. The molecule has 2 rings (SSSR count). The van der Waals surface area contributed by atoms with Gasteiger partial charge >= 0.3 is 0 Å². The van der Waals surface area contributed by atoms with Gasteiger partial charge in [-0.1, -0.05) is 0 Å². The molecule has 2 heterocycles. The molecule has 4 heteroatoms. The van der Waals surface area contributed by atoms with Gasteiger partial charge in [-0.15, -0.1) is 0 Å². The summed E-state index contributed by atoms with van der Waals surface area (Å²) in [6, 6.07) is 1.94. The van der Waals surface area contributed by atoms with Gasteiger partial charge in [-0.05, 0) is 13.0 Å². The Balaban J connectivity index is 2.67. The number of rotatable bonds is 1. The lowest BCUT2D eigenvalue weighted by atomic mass is 10.5. The predicted octanol–water partition coefficient (Wildman–Crippen LogP) is 0.496. The Labute approximate surface area is 70.1 Å². The molecule has 0 amide bonds. The number of imidazole rings is 1. The van der Waals surface area contributed by atoms with Gasteiger partial charge in [0.05, 0.1) is 5.69 Å². The SMILES string of the molecule is Cc1ccn2cc(CN)nc2n1. The number of hydrogen-bond donors (Lipinski definition) is 1. The molecule has 2 N–H and O–H groups in total. The molecule has 0 aliphatic heterocycles. The van der Waals surface area contributed by atoms with Crippen molar-refractivity contribution in [2.75, 3.05) is 0 Å². The van der Waals surface area contributed by atoms with Crippen molar-refractivity contribution in [1.82, 2.24) is 14.4 Å². The van der Waals surface area contributed by atoms with Gasteiger partial charge in [0.15, 0.2) is 0 Å². The zero-order valence-electron chi connectivity index (χ0n) is 6.86. The normalized spacial score (nSPS) is 10.8. The minimum Gasteiger partial charge on any atom is -0.325 e. The van der Waals surface area contributed by atoms with Crippen molar-refractivity contribution in [2.45, 2.75) is 13.5 Å². The fraction of sp³-hybridized carbons (Fsp3) is 0.250. The van der Waals surface area contributed by atoms with Crippen LogP contribution in [0.5, 0.6) is 0 Å². The molecule has 0 unspecified atom stereocenters. The summed E-state index contributed by atoms with van der Waals surface area (Å²) >= 11 is 0. The number of nitrogens with two attached hydrogens (primary N) is 1. The third kappa shape index (κ3) is 1.06. The smallest absolute Gasteiger partial charge is 0.234 e. The summed E-state index contributed by atoms with van der Waals surface area (Å²) < 4.78 is 1.87. The van der Waals surface area contributed by atoms with Crippen LogP contribution in [0.4, 0.5) is 0 Å². The van der Waals surface area contributed by atoms with Crippen LogP contribution in [0.2, 0.25) is 0 Å². The molecule has 0 spiro atoms. The van der Waals surface area contributed by atoms with E-state index in [0.29, 0.717) is 6.54 Å². The van der Waals surface area contributed by atoms with Crippen LogP contribution in [0.3, 0.4) is 0 Å². The molecule has 0 saturated carbocycles. The number of aryl methyl sites for hydroxylation is 1. The molecule has 0 bridgehead atoms. The summed E-state index contributed by atoms with van der Waals surface area (Å²) in [5, 5.41) is 0. The second-order valence-corrected chi connectivity index (χ2v) is 2.71. The van der Waals surface area contributed by atoms with Gasteiger partial charge in [-0.25, -0.2) is 9.97 Å². The van der Waals surface area contributed by atoms with Crippen molar-refractivity contribution in [3.8, 4) is 0 Å². The van der Waals surface area contributed by atoms with Crippen LogP contribution in [0.25, 0.3) is 5.78 Å². The zero-order valence-corrected chi connectivity index (χ0v) is 6.86. The average Bonchev–Trinajstić information content (AvgIpc) is 2.46. The highest BCUT2D eigenvalue weighted by molar-refractivity contribution is 5.31. The molecule has 62 valence electrons. The average molecular weight is 162 g/mol. The highest BCUT2D eigenvalue weighted by atomic mass is 15.1. The van der Waals surface area contributed by atoms with Gasteiger partial charge in [-0.3, -0.25) is 4.40 Å². The van der Waals surface area contributed by atoms with Gasteiger partial charge in [-0.2, -0.15) is 0 Å². The van der Waals surface area contributed by atoms with Crippen LogP contribution in [0, 0.1) is 6.92 Å².